The van der Waals surface area contributed by atoms with Gasteiger partial charge in [0.2, 0.25) is 0 Å². The van der Waals surface area contributed by atoms with Gasteiger partial charge >= 0.3 is 0 Å². The van der Waals surface area contributed by atoms with Crippen LogP contribution in [-0.2, 0) is 13.1 Å². The molecular weight excluding hydrogens is 362 g/mol. The highest BCUT2D eigenvalue weighted by Gasteiger charge is 2.13. The molecule has 0 saturated heterocycles. The Balaban J connectivity index is 1.64. The molecule has 0 aliphatic heterocycles. The van der Waals surface area contributed by atoms with Gasteiger partial charge in [-0.15, -0.1) is 0 Å². The second-order valence-corrected chi connectivity index (χ2v) is 6.52. The monoisotopic (exact) mass is 379 g/mol. The first-order chi connectivity index (χ1) is 13.2. The first-order valence-electron chi connectivity index (χ1n) is 8.68. The maximum atomic E-state index is 12.5. The van der Waals surface area contributed by atoms with Crippen LogP contribution in [0.2, 0.25) is 5.02 Å². The number of nitrogens with one attached hydrogen (secondary N) is 1. The molecule has 136 valence electrons. The van der Waals surface area contributed by atoms with Crippen molar-refractivity contribution in [3.63, 3.8) is 0 Å². The highest BCUT2D eigenvalue weighted by molar-refractivity contribution is 6.34. The highest BCUT2D eigenvalue weighted by Crippen LogP contribution is 2.23. The standard InChI is InChI=1S/C20H18ClN5O/c1-2-26-18-9-8-14(23-20(27)15-6-3-4-7-16(15)21)12-17(18)24-19(26)13-25-11-5-10-22-25/h3-12H,2,13H2,1H3,(H,23,27). The Morgan fingerprint density at radius 1 is 1.19 bits per heavy atom. The Morgan fingerprint density at radius 2 is 2.04 bits per heavy atom. The molecule has 6 nitrogen and oxygen atoms in total. The van der Waals surface area contributed by atoms with E-state index in [4.69, 9.17) is 16.6 Å². The lowest BCUT2D eigenvalue weighted by atomic mass is 10.2. The topological polar surface area (TPSA) is 64.7 Å². The van der Waals surface area contributed by atoms with E-state index in [1.807, 2.05) is 35.1 Å². The normalized spacial score (nSPS) is 11.0. The summed E-state index contributed by atoms with van der Waals surface area (Å²) in [4.78, 5) is 17.2. The van der Waals surface area contributed by atoms with Crippen molar-refractivity contribution in [1.82, 2.24) is 19.3 Å². The van der Waals surface area contributed by atoms with Gasteiger partial charge in [0.25, 0.3) is 5.91 Å². The summed E-state index contributed by atoms with van der Waals surface area (Å²) in [6.45, 7) is 3.48. The van der Waals surface area contributed by atoms with Crippen molar-refractivity contribution >= 4 is 34.2 Å². The van der Waals surface area contributed by atoms with E-state index in [0.29, 0.717) is 22.8 Å². The predicted molar refractivity (Wildman–Crippen MR) is 106 cm³/mol. The fourth-order valence-electron chi connectivity index (χ4n) is 3.11. The third kappa shape index (κ3) is 3.44. The quantitative estimate of drug-likeness (QED) is 0.565. The molecule has 7 heteroatoms. The third-order valence-electron chi connectivity index (χ3n) is 4.38. The number of benzene rings is 2. The summed E-state index contributed by atoms with van der Waals surface area (Å²) in [5, 5.41) is 7.57. The van der Waals surface area contributed by atoms with Gasteiger partial charge in [0.15, 0.2) is 0 Å². The van der Waals surface area contributed by atoms with Gasteiger partial charge in [-0.2, -0.15) is 5.10 Å². The fraction of sp³-hybridized carbons (Fsp3) is 0.150. The van der Waals surface area contributed by atoms with Crippen molar-refractivity contribution in [3.05, 3.63) is 77.3 Å². The first kappa shape index (κ1) is 17.3. The van der Waals surface area contributed by atoms with Crippen LogP contribution in [0.25, 0.3) is 11.0 Å². The molecule has 0 aliphatic rings. The van der Waals surface area contributed by atoms with Crippen molar-refractivity contribution in [2.45, 2.75) is 20.0 Å². The van der Waals surface area contributed by atoms with Crippen LogP contribution in [-0.4, -0.2) is 25.2 Å². The van der Waals surface area contributed by atoms with E-state index >= 15 is 0 Å². The number of carbonyl (C=O) groups excluding carboxylic acids is 1. The summed E-state index contributed by atoms with van der Waals surface area (Å²) < 4.78 is 3.99. The van der Waals surface area contributed by atoms with E-state index in [1.165, 1.54) is 0 Å². The van der Waals surface area contributed by atoms with E-state index in [0.717, 1.165) is 23.4 Å². The van der Waals surface area contributed by atoms with Crippen LogP contribution < -0.4 is 5.32 Å². The van der Waals surface area contributed by atoms with Crippen LogP contribution in [0.15, 0.2) is 60.9 Å². The van der Waals surface area contributed by atoms with Gasteiger partial charge < -0.3 is 9.88 Å². The predicted octanol–water partition coefficient (Wildman–Crippen LogP) is 4.21. The summed E-state index contributed by atoms with van der Waals surface area (Å²) >= 11 is 6.11. The number of amides is 1. The number of nitrogens with zero attached hydrogens (tertiary/aromatic N) is 4. The van der Waals surface area contributed by atoms with E-state index in [2.05, 4.69) is 21.9 Å². The number of rotatable bonds is 5. The molecule has 0 saturated carbocycles. The van der Waals surface area contributed by atoms with Crippen LogP contribution in [0, 0.1) is 0 Å². The largest absolute Gasteiger partial charge is 0.327 e. The second kappa shape index (κ2) is 7.25. The van der Waals surface area contributed by atoms with Crippen molar-refractivity contribution in [2.75, 3.05) is 5.32 Å². The SMILES string of the molecule is CCn1c(Cn2cccn2)nc2cc(NC(=O)c3ccccc3Cl)ccc21. The van der Waals surface area contributed by atoms with Gasteiger partial charge in [0.1, 0.15) is 5.82 Å². The fourth-order valence-corrected chi connectivity index (χ4v) is 3.34. The number of hydrogen-bond donors (Lipinski definition) is 1. The van der Waals surface area contributed by atoms with Gasteiger partial charge in [-0.25, -0.2) is 4.98 Å². The number of fused-ring (bicyclic) bond motifs is 1. The third-order valence-corrected chi connectivity index (χ3v) is 4.71. The van der Waals surface area contributed by atoms with Crippen LogP contribution in [0.1, 0.15) is 23.1 Å². The Morgan fingerprint density at radius 3 is 2.78 bits per heavy atom. The van der Waals surface area contributed by atoms with E-state index in [-0.39, 0.29) is 5.91 Å². The molecule has 0 spiro atoms. The maximum absolute atomic E-state index is 12.5. The lowest BCUT2D eigenvalue weighted by molar-refractivity contribution is 0.102. The van der Waals surface area contributed by atoms with Crippen LogP contribution >= 0.6 is 11.6 Å². The average molecular weight is 380 g/mol. The Hall–Kier alpha value is -3.12. The molecule has 0 fully saturated rings. The minimum atomic E-state index is -0.244. The van der Waals surface area contributed by atoms with E-state index in [1.54, 1.807) is 30.5 Å². The van der Waals surface area contributed by atoms with E-state index in [9.17, 15) is 4.79 Å². The molecule has 27 heavy (non-hydrogen) atoms. The van der Waals surface area contributed by atoms with Crippen molar-refractivity contribution < 1.29 is 4.79 Å². The minimum absolute atomic E-state index is 0.244. The van der Waals surface area contributed by atoms with Crippen LogP contribution in [0.4, 0.5) is 5.69 Å². The van der Waals surface area contributed by atoms with Crippen LogP contribution in [0.5, 0.6) is 0 Å². The zero-order valence-electron chi connectivity index (χ0n) is 14.8. The number of halogens is 1. The zero-order valence-corrected chi connectivity index (χ0v) is 15.5. The van der Waals surface area contributed by atoms with Crippen molar-refractivity contribution in [3.8, 4) is 0 Å². The van der Waals surface area contributed by atoms with Gasteiger partial charge in [-0.05, 0) is 43.3 Å². The molecule has 2 aromatic carbocycles. The molecule has 2 aromatic heterocycles. The summed E-state index contributed by atoms with van der Waals surface area (Å²) in [7, 11) is 0. The first-order valence-corrected chi connectivity index (χ1v) is 9.06. The molecule has 0 aliphatic carbocycles. The number of anilines is 1. The lowest BCUT2D eigenvalue weighted by Gasteiger charge is -2.08. The van der Waals surface area contributed by atoms with Gasteiger partial charge in [-0.1, -0.05) is 23.7 Å². The smallest absolute Gasteiger partial charge is 0.257 e. The summed E-state index contributed by atoms with van der Waals surface area (Å²) in [6, 6.07) is 14.6. The molecule has 0 radical (unpaired) electrons. The summed E-state index contributed by atoms with van der Waals surface area (Å²) in [6.07, 6.45) is 3.66. The van der Waals surface area contributed by atoms with Gasteiger partial charge in [-0.3, -0.25) is 9.48 Å². The minimum Gasteiger partial charge on any atom is -0.327 e. The van der Waals surface area contributed by atoms with Gasteiger partial charge in [0, 0.05) is 24.6 Å². The number of aromatic nitrogens is 4. The Kier molecular flexibility index (Phi) is 4.64. The summed E-state index contributed by atoms with van der Waals surface area (Å²) in [5.74, 6) is 0.678. The Bertz CT molecular complexity index is 1100. The molecule has 2 heterocycles. The molecule has 4 rings (SSSR count). The lowest BCUT2D eigenvalue weighted by Crippen LogP contribution is -2.12. The molecule has 4 aromatic rings. The second-order valence-electron chi connectivity index (χ2n) is 6.11. The van der Waals surface area contributed by atoms with Crippen molar-refractivity contribution in [2.24, 2.45) is 0 Å². The molecule has 0 bridgehead atoms. The highest BCUT2D eigenvalue weighted by atomic mass is 35.5. The van der Waals surface area contributed by atoms with Gasteiger partial charge in [0.05, 0.1) is 28.2 Å². The molecule has 0 atom stereocenters. The number of aryl methyl sites for hydroxylation is 1. The molecule has 0 unspecified atom stereocenters. The maximum Gasteiger partial charge on any atom is 0.257 e. The average Bonchev–Trinajstić information content (AvgIpc) is 3.29. The van der Waals surface area contributed by atoms with E-state index < -0.39 is 0 Å². The van der Waals surface area contributed by atoms with Crippen molar-refractivity contribution in [1.29, 1.82) is 0 Å². The number of hydrogen-bond acceptors (Lipinski definition) is 3. The Labute approximate surface area is 161 Å². The zero-order chi connectivity index (χ0) is 18.8. The molecule has 1 amide bonds. The number of imidazole rings is 1. The number of carbonyl (C=O) groups is 1. The molecule has 1 N–H and O–H groups in total. The summed E-state index contributed by atoms with van der Waals surface area (Å²) in [5.41, 5.74) is 2.97. The van der Waals surface area contributed by atoms with Crippen LogP contribution in [0.3, 0.4) is 0 Å². The molecular formula is C20H18ClN5O.